The van der Waals surface area contributed by atoms with Crippen molar-refractivity contribution in [2.24, 2.45) is 0 Å². The first-order chi connectivity index (χ1) is 12.7. The van der Waals surface area contributed by atoms with Crippen molar-refractivity contribution >= 4 is 35.8 Å². The highest BCUT2D eigenvalue weighted by molar-refractivity contribution is 8.00. The number of aldehydes is 1. The maximum absolute atomic E-state index is 13.0. The molecular weight excluding hydrogens is 348 g/mol. The van der Waals surface area contributed by atoms with E-state index in [1.807, 2.05) is 12.1 Å². The van der Waals surface area contributed by atoms with Gasteiger partial charge in [-0.15, -0.1) is 11.8 Å². The van der Waals surface area contributed by atoms with Crippen LogP contribution in [0.25, 0.3) is 6.08 Å². The molecule has 1 amide bonds. The van der Waals surface area contributed by atoms with E-state index in [2.05, 4.69) is 29.6 Å². The molecule has 1 N–H and O–H groups in total. The minimum Gasteiger partial charge on any atom is -0.332 e. The van der Waals surface area contributed by atoms with Crippen LogP contribution in [0.4, 0.5) is 0 Å². The summed E-state index contributed by atoms with van der Waals surface area (Å²) >= 11 is 1.50. The van der Waals surface area contributed by atoms with Crippen LogP contribution < -0.4 is 5.32 Å². The molecule has 0 spiro atoms. The van der Waals surface area contributed by atoms with Gasteiger partial charge in [0.05, 0.1) is 11.3 Å². The molecule has 2 fully saturated rings. The summed E-state index contributed by atoms with van der Waals surface area (Å²) in [7, 11) is 0. The van der Waals surface area contributed by atoms with Gasteiger partial charge < -0.3 is 9.69 Å². The summed E-state index contributed by atoms with van der Waals surface area (Å²) in [5.74, 6) is 0.672. The minimum atomic E-state index is -0.520. The number of rotatable bonds is 5. The number of fused-ring (bicyclic) bond motifs is 1. The summed E-state index contributed by atoms with van der Waals surface area (Å²) in [4.78, 5) is 38.7. The maximum atomic E-state index is 13.0. The molecule has 0 aromatic heterocycles. The highest BCUT2D eigenvalue weighted by atomic mass is 32.2. The fourth-order valence-corrected chi connectivity index (χ4v) is 5.29. The third kappa shape index (κ3) is 3.12. The molecule has 26 heavy (non-hydrogen) atoms. The Hall–Kier alpha value is -1.92. The number of allylic oxidation sites excluding steroid dienone is 1. The van der Waals surface area contributed by atoms with Gasteiger partial charge in [-0.3, -0.25) is 14.9 Å². The zero-order valence-corrected chi connectivity index (χ0v) is 15.3. The number of hydrogen-bond donors (Lipinski definition) is 1. The molecule has 1 aliphatic carbocycles. The van der Waals surface area contributed by atoms with Crippen LogP contribution in [-0.2, 0) is 14.4 Å². The van der Waals surface area contributed by atoms with Crippen LogP contribution >= 0.6 is 11.8 Å². The van der Waals surface area contributed by atoms with Crippen molar-refractivity contribution in [2.45, 2.75) is 42.5 Å². The summed E-state index contributed by atoms with van der Waals surface area (Å²) in [6, 6.07) is 7.26. The van der Waals surface area contributed by atoms with Crippen molar-refractivity contribution in [1.82, 2.24) is 10.2 Å². The van der Waals surface area contributed by atoms with Crippen molar-refractivity contribution < 1.29 is 14.4 Å². The zero-order valence-electron chi connectivity index (χ0n) is 14.5. The number of carbonyl (C=O) groups is 3. The molecule has 0 radical (unpaired) electrons. The van der Waals surface area contributed by atoms with E-state index in [9.17, 15) is 14.4 Å². The molecule has 2 saturated heterocycles. The zero-order chi connectivity index (χ0) is 18.1. The topological polar surface area (TPSA) is 66.5 Å². The number of Topliss-reactive ketones (excluding diaryl/α,β-unsaturated/α-hetero) is 1. The molecule has 6 heteroatoms. The van der Waals surface area contributed by atoms with Crippen molar-refractivity contribution in [3.05, 3.63) is 41.5 Å². The summed E-state index contributed by atoms with van der Waals surface area (Å²) in [5, 5.41) is 2.79. The van der Waals surface area contributed by atoms with Crippen LogP contribution in [0.5, 0.6) is 0 Å². The van der Waals surface area contributed by atoms with E-state index >= 15 is 0 Å². The first kappa shape index (κ1) is 17.5. The highest BCUT2D eigenvalue weighted by Crippen LogP contribution is 2.35. The van der Waals surface area contributed by atoms with E-state index in [0.717, 1.165) is 19.1 Å². The standard InChI is InChI=1S/C20H22N2O3S/c23-11-15-5-3-9-22(15)20(25)18-19(26-12-21-18)17(24)10-14-8-7-13-4-1-2-6-16(13)14/h1-2,4,6-8,11,14-15,18-19,21H,3,5,9-10,12H2/t14?,15-,18-,19?/m0/s1. The number of ketones is 1. The summed E-state index contributed by atoms with van der Waals surface area (Å²) in [6.07, 6.45) is 6.97. The number of carbonyl (C=O) groups excluding carboxylic acids is 3. The average Bonchev–Trinajstić information content (AvgIpc) is 3.40. The van der Waals surface area contributed by atoms with Gasteiger partial charge in [0.1, 0.15) is 18.1 Å². The number of likely N-dealkylation sites (tertiary alicyclic amines) is 1. The normalized spacial score (nSPS) is 29.8. The maximum Gasteiger partial charge on any atom is 0.241 e. The molecule has 0 saturated carbocycles. The number of nitrogens with one attached hydrogen (secondary N) is 1. The molecule has 2 aliphatic heterocycles. The minimum absolute atomic E-state index is 0.0881. The largest absolute Gasteiger partial charge is 0.332 e. The van der Waals surface area contributed by atoms with E-state index in [-0.39, 0.29) is 28.9 Å². The lowest BCUT2D eigenvalue weighted by Gasteiger charge is -2.26. The predicted octanol–water partition coefficient (Wildman–Crippen LogP) is 1.98. The van der Waals surface area contributed by atoms with Gasteiger partial charge >= 0.3 is 0 Å². The molecule has 4 atom stereocenters. The number of thioether (sulfide) groups is 1. The Morgan fingerprint density at radius 1 is 1.31 bits per heavy atom. The lowest BCUT2D eigenvalue weighted by atomic mass is 9.93. The van der Waals surface area contributed by atoms with Gasteiger partial charge in [0.15, 0.2) is 0 Å². The number of benzene rings is 1. The van der Waals surface area contributed by atoms with Crippen LogP contribution in [0.2, 0.25) is 0 Å². The molecule has 2 unspecified atom stereocenters. The monoisotopic (exact) mass is 370 g/mol. The van der Waals surface area contributed by atoms with Crippen LogP contribution in [0.15, 0.2) is 30.3 Å². The van der Waals surface area contributed by atoms with Crippen molar-refractivity contribution in [1.29, 1.82) is 0 Å². The Kier molecular flexibility index (Phi) is 4.96. The fourth-order valence-electron chi connectivity index (χ4n) is 4.15. The molecule has 3 aliphatic rings. The highest BCUT2D eigenvalue weighted by Gasteiger charge is 2.43. The Bertz CT molecular complexity index is 763. The smallest absolute Gasteiger partial charge is 0.241 e. The van der Waals surface area contributed by atoms with E-state index in [1.165, 1.54) is 22.9 Å². The Morgan fingerprint density at radius 2 is 2.15 bits per heavy atom. The van der Waals surface area contributed by atoms with E-state index in [1.54, 1.807) is 4.90 Å². The predicted molar refractivity (Wildman–Crippen MR) is 102 cm³/mol. The first-order valence-corrected chi connectivity index (χ1v) is 10.1. The molecular formula is C20H22N2O3S. The van der Waals surface area contributed by atoms with E-state index in [4.69, 9.17) is 0 Å². The van der Waals surface area contributed by atoms with Crippen LogP contribution in [0.3, 0.4) is 0 Å². The quantitative estimate of drug-likeness (QED) is 0.803. The summed E-state index contributed by atoms with van der Waals surface area (Å²) < 4.78 is 0. The van der Waals surface area contributed by atoms with E-state index in [0.29, 0.717) is 18.8 Å². The lowest BCUT2D eigenvalue weighted by molar-refractivity contribution is -0.137. The van der Waals surface area contributed by atoms with Gasteiger partial charge in [0.25, 0.3) is 0 Å². The van der Waals surface area contributed by atoms with Gasteiger partial charge in [0.2, 0.25) is 5.91 Å². The molecule has 1 aromatic carbocycles. The van der Waals surface area contributed by atoms with Crippen LogP contribution in [0.1, 0.15) is 36.3 Å². The molecule has 1 aromatic rings. The fraction of sp³-hybridized carbons (Fsp3) is 0.450. The first-order valence-electron chi connectivity index (χ1n) is 9.09. The third-order valence-corrected chi connectivity index (χ3v) is 6.74. The Balaban J connectivity index is 1.45. The van der Waals surface area contributed by atoms with Gasteiger partial charge in [0, 0.05) is 24.8 Å². The molecule has 2 heterocycles. The van der Waals surface area contributed by atoms with Crippen LogP contribution in [-0.4, -0.2) is 52.6 Å². The average molecular weight is 370 g/mol. The summed E-state index contributed by atoms with van der Waals surface area (Å²) in [5.41, 5.74) is 2.35. The number of amides is 1. The molecule has 0 bridgehead atoms. The lowest BCUT2D eigenvalue weighted by Crippen LogP contribution is -2.51. The third-order valence-electron chi connectivity index (χ3n) is 5.52. The van der Waals surface area contributed by atoms with Gasteiger partial charge in [-0.05, 0) is 24.0 Å². The Morgan fingerprint density at radius 3 is 3.00 bits per heavy atom. The second kappa shape index (κ2) is 7.37. The SMILES string of the molecule is O=C[C@@H]1CCCN1C(=O)[C@H]1NCSC1C(=O)CC1C=Cc2ccccc21. The summed E-state index contributed by atoms with van der Waals surface area (Å²) in [6.45, 7) is 0.602. The molecule has 136 valence electrons. The van der Waals surface area contributed by atoms with Crippen molar-refractivity contribution in [3.8, 4) is 0 Å². The second-order valence-electron chi connectivity index (χ2n) is 7.06. The molecule has 5 nitrogen and oxygen atoms in total. The second-order valence-corrected chi connectivity index (χ2v) is 8.19. The van der Waals surface area contributed by atoms with E-state index < -0.39 is 6.04 Å². The Labute approximate surface area is 157 Å². The van der Waals surface area contributed by atoms with Crippen LogP contribution in [0, 0.1) is 0 Å². The molecule has 4 rings (SSSR count). The number of nitrogens with zero attached hydrogens (tertiary/aromatic N) is 1. The van der Waals surface area contributed by atoms with Crippen molar-refractivity contribution in [3.63, 3.8) is 0 Å². The van der Waals surface area contributed by atoms with Gasteiger partial charge in [-0.25, -0.2) is 0 Å². The van der Waals surface area contributed by atoms with Crippen molar-refractivity contribution in [2.75, 3.05) is 12.4 Å². The van der Waals surface area contributed by atoms with Gasteiger partial charge in [-0.1, -0.05) is 36.4 Å². The van der Waals surface area contributed by atoms with Gasteiger partial charge in [-0.2, -0.15) is 0 Å². The number of hydrogen-bond acceptors (Lipinski definition) is 5.